The highest BCUT2D eigenvalue weighted by atomic mass is 35.5. The van der Waals surface area contributed by atoms with E-state index in [0.717, 1.165) is 11.3 Å². The number of carbonyl (C=O) groups is 1. The molecule has 0 bridgehead atoms. The van der Waals surface area contributed by atoms with Gasteiger partial charge in [0.05, 0.1) is 11.9 Å². The lowest BCUT2D eigenvalue weighted by Gasteiger charge is -2.05. The molecule has 0 unspecified atom stereocenters. The molecule has 2 aromatic heterocycles. The van der Waals surface area contributed by atoms with Crippen molar-refractivity contribution in [1.82, 2.24) is 14.8 Å². The molecule has 0 spiro atoms. The fourth-order valence-electron chi connectivity index (χ4n) is 1.59. The number of pyridine rings is 1. The summed E-state index contributed by atoms with van der Waals surface area (Å²) in [5.74, 6) is -0.595. The highest BCUT2D eigenvalue weighted by Gasteiger charge is 2.12. The van der Waals surface area contributed by atoms with Gasteiger partial charge in [0.2, 0.25) is 0 Å². The molecule has 0 aromatic carbocycles. The molecule has 1 N–H and O–H groups in total. The average Bonchev–Trinajstić information content (AvgIpc) is 2.62. The van der Waals surface area contributed by atoms with Gasteiger partial charge in [-0.05, 0) is 19.1 Å². The van der Waals surface area contributed by atoms with Crippen molar-refractivity contribution in [2.24, 2.45) is 7.05 Å². The molecule has 0 radical (unpaired) electrons. The van der Waals surface area contributed by atoms with E-state index in [2.05, 4.69) is 10.1 Å². The molecule has 6 nitrogen and oxygen atoms in total. The van der Waals surface area contributed by atoms with Crippen LogP contribution < -0.4 is 4.74 Å². The molecule has 0 aliphatic carbocycles. The number of aryl methyl sites for hydroxylation is 2. The summed E-state index contributed by atoms with van der Waals surface area (Å²) in [6.07, 6.45) is 1.36. The van der Waals surface area contributed by atoms with E-state index in [0.29, 0.717) is 10.9 Å². The van der Waals surface area contributed by atoms with E-state index in [9.17, 15) is 4.79 Å². The molecule has 0 amide bonds. The van der Waals surface area contributed by atoms with E-state index >= 15 is 0 Å². The minimum absolute atomic E-state index is 0.0251. The number of nitrogens with zero attached hydrogens (tertiary/aromatic N) is 3. The van der Waals surface area contributed by atoms with E-state index in [1.807, 2.05) is 6.92 Å². The molecule has 0 fully saturated rings. The van der Waals surface area contributed by atoms with E-state index in [4.69, 9.17) is 21.4 Å². The average molecular weight is 282 g/mol. The summed E-state index contributed by atoms with van der Waals surface area (Å²) in [6, 6.07) is 2.94. The van der Waals surface area contributed by atoms with Crippen LogP contribution in [-0.2, 0) is 13.7 Å². The molecule has 100 valence electrons. The van der Waals surface area contributed by atoms with Gasteiger partial charge in [-0.3, -0.25) is 4.68 Å². The zero-order valence-corrected chi connectivity index (χ0v) is 11.2. The smallest absolute Gasteiger partial charge is 0.354 e. The Morgan fingerprint density at radius 3 is 2.74 bits per heavy atom. The molecule has 7 heteroatoms. The Morgan fingerprint density at radius 2 is 2.26 bits per heavy atom. The van der Waals surface area contributed by atoms with Crippen LogP contribution in [0.4, 0.5) is 0 Å². The van der Waals surface area contributed by atoms with Crippen LogP contribution in [0.1, 0.15) is 21.7 Å². The first kappa shape index (κ1) is 13.4. The highest BCUT2D eigenvalue weighted by molar-refractivity contribution is 6.30. The number of carboxylic acid groups (broad SMARTS) is 1. The number of hydrogen-bond acceptors (Lipinski definition) is 4. The number of aromatic nitrogens is 3. The molecule has 2 rings (SSSR count). The number of aromatic carboxylic acids is 1. The van der Waals surface area contributed by atoms with Crippen LogP contribution in [-0.4, -0.2) is 25.8 Å². The van der Waals surface area contributed by atoms with Gasteiger partial charge in [0.15, 0.2) is 0 Å². The quantitative estimate of drug-likeness (QED) is 0.928. The van der Waals surface area contributed by atoms with E-state index in [1.165, 1.54) is 12.3 Å². The Labute approximate surface area is 114 Å². The van der Waals surface area contributed by atoms with Crippen molar-refractivity contribution in [2.75, 3.05) is 0 Å². The van der Waals surface area contributed by atoms with Gasteiger partial charge in [-0.15, -0.1) is 0 Å². The third-order valence-corrected chi connectivity index (χ3v) is 3.08. The van der Waals surface area contributed by atoms with Gasteiger partial charge in [-0.2, -0.15) is 5.10 Å². The number of rotatable bonds is 4. The number of carboxylic acids is 1. The van der Waals surface area contributed by atoms with Crippen molar-refractivity contribution in [3.05, 3.63) is 40.4 Å². The number of halogens is 1. The van der Waals surface area contributed by atoms with Crippen LogP contribution in [0.3, 0.4) is 0 Å². The Hall–Kier alpha value is -2.08. The Kier molecular flexibility index (Phi) is 3.71. The maximum Gasteiger partial charge on any atom is 0.354 e. The summed E-state index contributed by atoms with van der Waals surface area (Å²) >= 11 is 6.07. The molecule has 0 atom stereocenters. The second-order valence-corrected chi connectivity index (χ2v) is 4.31. The van der Waals surface area contributed by atoms with Gasteiger partial charge in [-0.25, -0.2) is 9.78 Å². The first-order chi connectivity index (χ1) is 8.99. The highest BCUT2D eigenvalue weighted by Crippen LogP contribution is 2.21. The molecule has 2 aromatic rings. The van der Waals surface area contributed by atoms with Crippen molar-refractivity contribution in [1.29, 1.82) is 0 Å². The van der Waals surface area contributed by atoms with Crippen molar-refractivity contribution in [3.63, 3.8) is 0 Å². The largest absolute Gasteiger partial charge is 0.487 e. The molecule has 2 heterocycles. The van der Waals surface area contributed by atoms with E-state index in [-0.39, 0.29) is 12.3 Å². The Morgan fingerprint density at radius 1 is 1.53 bits per heavy atom. The summed E-state index contributed by atoms with van der Waals surface area (Å²) in [7, 11) is 1.75. The second-order valence-electron chi connectivity index (χ2n) is 3.95. The summed E-state index contributed by atoms with van der Waals surface area (Å²) in [6.45, 7) is 2.10. The van der Waals surface area contributed by atoms with Crippen molar-refractivity contribution >= 4 is 17.6 Å². The minimum atomic E-state index is -1.07. The van der Waals surface area contributed by atoms with Crippen LogP contribution in [0, 0.1) is 6.92 Å². The molecule has 0 saturated carbocycles. The molecular formula is C12H12ClN3O3. The van der Waals surface area contributed by atoms with Gasteiger partial charge in [-0.1, -0.05) is 11.6 Å². The zero-order chi connectivity index (χ0) is 14.0. The fourth-order valence-corrected chi connectivity index (χ4v) is 1.81. The van der Waals surface area contributed by atoms with E-state index in [1.54, 1.807) is 17.8 Å². The minimum Gasteiger partial charge on any atom is -0.487 e. The first-order valence-corrected chi connectivity index (χ1v) is 5.87. The maximum absolute atomic E-state index is 10.7. The van der Waals surface area contributed by atoms with Crippen LogP contribution in [0.15, 0.2) is 18.3 Å². The number of ether oxygens (including phenoxy) is 1. The Bertz CT molecular complexity index is 607. The van der Waals surface area contributed by atoms with Crippen LogP contribution >= 0.6 is 11.6 Å². The summed E-state index contributed by atoms with van der Waals surface area (Å²) < 4.78 is 7.08. The van der Waals surface area contributed by atoms with Gasteiger partial charge < -0.3 is 9.84 Å². The predicted octanol–water partition coefficient (Wildman–Crippen LogP) is 2.05. The van der Waals surface area contributed by atoms with Crippen LogP contribution in [0.5, 0.6) is 5.75 Å². The Balaban J connectivity index is 2.08. The second kappa shape index (κ2) is 5.27. The molecule has 19 heavy (non-hydrogen) atoms. The standard InChI is InChI=1S/C12H12ClN3O3/c1-7-9(11(13)16(2)15-7)6-19-8-3-4-10(12(17)18)14-5-8/h3-5H,6H2,1-2H3,(H,17,18). The normalized spacial score (nSPS) is 10.5. The number of hydrogen-bond donors (Lipinski definition) is 1. The third-order valence-electron chi connectivity index (χ3n) is 2.61. The fraction of sp³-hybridized carbons (Fsp3) is 0.250. The van der Waals surface area contributed by atoms with Crippen molar-refractivity contribution in [2.45, 2.75) is 13.5 Å². The molecule has 0 aliphatic rings. The van der Waals surface area contributed by atoms with Gasteiger partial charge in [0, 0.05) is 12.6 Å². The van der Waals surface area contributed by atoms with Crippen molar-refractivity contribution < 1.29 is 14.6 Å². The van der Waals surface area contributed by atoms with E-state index < -0.39 is 5.97 Å². The zero-order valence-electron chi connectivity index (χ0n) is 10.4. The summed E-state index contributed by atoms with van der Waals surface area (Å²) in [5, 5.41) is 13.4. The third kappa shape index (κ3) is 2.85. The lowest BCUT2D eigenvalue weighted by Crippen LogP contribution is -2.01. The molecule has 0 aliphatic heterocycles. The summed E-state index contributed by atoms with van der Waals surface area (Å²) in [5.41, 5.74) is 1.57. The maximum atomic E-state index is 10.7. The molecular weight excluding hydrogens is 270 g/mol. The predicted molar refractivity (Wildman–Crippen MR) is 68.5 cm³/mol. The molecule has 0 saturated heterocycles. The van der Waals surface area contributed by atoms with Crippen LogP contribution in [0.25, 0.3) is 0 Å². The van der Waals surface area contributed by atoms with Crippen LogP contribution in [0.2, 0.25) is 5.15 Å². The SMILES string of the molecule is Cc1nn(C)c(Cl)c1COc1ccc(C(=O)O)nc1. The van der Waals surface area contributed by atoms with Crippen molar-refractivity contribution in [3.8, 4) is 5.75 Å². The topological polar surface area (TPSA) is 77.2 Å². The van der Waals surface area contributed by atoms with Gasteiger partial charge in [0.1, 0.15) is 23.2 Å². The monoisotopic (exact) mass is 281 g/mol. The lowest BCUT2D eigenvalue weighted by atomic mass is 10.3. The van der Waals surface area contributed by atoms with Gasteiger partial charge >= 0.3 is 5.97 Å². The lowest BCUT2D eigenvalue weighted by molar-refractivity contribution is 0.0690. The summed E-state index contributed by atoms with van der Waals surface area (Å²) in [4.78, 5) is 14.4. The first-order valence-electron chi connectivity index (χ1n) is 5.49. The van der Waals surface area contributed by atoms with Gasteiger partial charge in [0.25, 0.3) is 0 Å².